The van der Waals surface area contributed by atoms with Crippen LogP contribution in [0.15, 0.2) is 24.5 Å². The van der Waals surface area contributed by atoms with E-state index in [-0.39, 0.29) is 0 Å². The molecule has 1 fully saturated rings. The molecule has 0 saturated carbocycles. The van der Waals surface area contributed by atoms with Crippen molar-refractivity contribution in [1.82, 2.24) is 14.3 Å². The van der Waals surface area contributed by atoms with Gasteiger partial charge in [0.25, 0.3) is 10.2 Å². The number of anilines is 1. The van der Waals surface area contributed by atoms with Gasteiger partial charge < -0.3 is 4.90 Å². The maximum absolute atomic E-state index is 11.5. The van der Waals surface area contributed by atoms with E-state index in [9.17, 15) is 8.42 Å². The van der Waals surface area contributed by atoms with Crippen molar-refractivity contribution in [3.05, 3.63) is 30.1 Å². The molecule has 7 nitrogen and oxygen atoms in total. The number of nitrogens with zero attached hydrogens (tertiary/aromatic N) is 4. The van der Waals surface area contributed by atoms with E-state index in [2.05, 4.69) is 20.9 Å². The highest BCUT2D eigenvalue weighted by atomic mass is 32.2. The van der Waals surface area contributed by atoms with E-state index in [1.54, 1.807) is 6.33 Å². The molecule has 0 amide bonds. The first-order chi connectivity index (χ1) is 10.4. The van der Waals surface area contributed by atoms with Gasteiger partial charge in [-0.15, -0.1) is 0 Å². The summed E-state index contributed by atoms with van der Waals surface area (Å²) >= 11 is 0. The largest absolute Gasteiger partial charge is 0.355 e. The van der Waals surface area contributed by atoms with E-state index in [0.29, 0.717) is 26.1 Å². The van der Waals surface area contributed by atoms with Crippen LogP contribution in [0.2, 0.25) is 0 Å². The zero-order valence-electron chi connectivity index (χ0n) is 12.4. The SMILES string of the molecule is Cc1ccc2ncnc(N3CCCN(S(N)(=O)=O)CC3)c2c1. The van der Waals surface area contributed by atoms with Crippen molar-refractivity contribution >= 4 is 26.9 Å². The zero-order valence-corrected chi connectivity index (χ0v) is 13.3. The van der Waals surface area contributed by atoms with Gasteiger partial charge in [0.15, 0.2) is 0 Å². The number of aromatic nitrogens is 2. The van der Waals surface area contributed by atoms with Crippen LogP contribution < -0.4 is 10.0 Å². The van der Waals surface area contributed by atoms with Crippen molar-refractivity contribution < 1.29 is 8.42 Å². The van der Waals surface area contributed by atoms with Crippen LogP contribution >= 0.6 is 0 Å². The summed E-state index contributed by atoms with van der Waals surface area (Å²) in [6.07, 6.45) is 2.27. The number of hydrogen-bond acceptors (Lipinski definition) is 5. The number of hydrogen-bond donors (Lipinski definition) is 1. The normalized spacial score (nSPS) is 17.6. The maximum Gasteiger partial charge on any atom is 0.276 e. The summed E-state index contributed by atoms with van der Waals surface area (Å²) < 4.78 is 24.3. The maximum atomic E-state index is 11.5. The van der Waals surface area contributed by atoms with E-state index in [0.717, 1.165) is 28.8 Å². The van der Waals surface area contributed by atoms with Crippen LogP contribution in [-0.2, 0) is 10.2 Å². The minimum Gasteiger partial charge on any atom is -0.355 e. The van der Waals surface area contributed by atoms with E-state index >= 15 is 0 Å². The molecule has 0 unspecified atom stereocenters. The number of rotatable bonds is 2. The third kappa shape index (κ3) is 3.03. The van der Waals surface area contributed by atoms with Crippen LogP contribution in [0.1, 0.15) is 12.0 Å². The third-order valence-electron chi connectivity index (χ3n) is 3.88. The van der Waals surface area contributed by atoms with E-state index in [1.165, 1.54) is 4.31 Å². The van der Waals surface area contributed by atoms with Gasteiger partial charge in [-0.2, -0.15) is 12.7 Å². The summed E-state index contributed by atoms with van der Waals surface area (Å²) in [7, 11) is -3.63. The summed E-state index contributed by atoms with van der Waals surface area (Å²) in [5.74, 6) is 0.852. The quantitative estimate of drug-likeness (QED) is 0.877. The van der Waals surface area contributed by atoms with Crippen molar-refractivity contribution in [2.24, 2.45) is 5.14 Å². The fraction of sp³-hybridized carbons (Fsp3) is 0.429. The van der Waals surface area contributed by atoms with Gasteiger partial charge >= 0.3 is 0 Å². The minimum atomic E-state index is -3.63. The first kappa shape index (κ1) is 15.1. The van der Waals surface area contributed by atoms with Crippen LogP contribution in [0.5, 0.6) is 0 Å². The third-order valence-corrected chi connectivity index (χ3v) is 4.97. The van der Waals surface area contributed by atoms with Gasteiger partial charge in [0.05, 0.1) is 5.52 Å². The van der Waals surface area contributed by atoms with Crippen LogP contribution in [0, 0.1) is 6.92 Å². The average molecular weight is 321 g/mol. The van der Waals surface area contributed by atoms with Crippen molar-refractivity contribution in [3.63, 3.8) is 0 Å². The van der Waals surface area contributed by atoms with E-state index in [4.69, 9.17) is 5.14 Å². The Hall–Kier alpha value is -1.77. The fourth-order valence-corrected chi connectivity index (χ4v) is 3.49. The molecule has 0 spiro atoms. The Labute approximate surface area is 129 Å². The predicted octanol–water partition coefficient (Wildman–Crippen LogP) is 0.654. The van der Waals surface area contributed by atoms with Gasteiger partial charge in [-0.1, -0.05) is 11.6 Å². The van der Waals surface area contributed by atoms with Gasteiger partial charge in [0, 0.05) is 31.6 Å². The second kappa shape index (κ2) is 5.79. The monoisotopic (exact) mass is 321 g/mol. The number of benzene rings is 1. The minimum absolute atomic E-state index is 0.371. The molecule has 1 aromatic carbocycles. The smallest absolute Gasteiger partial charge is 0.276 e. The highest BCUT2D eigenvalue weighted by Gasteiger charge is 2.23. The van der Waals surface area contributed by atoms with Crippen molar-refractivity contribution in [3.8, 4) is 0 Å². The summed E-state index contributed by atoms with van der Waals surface area (Å²) in [6, 6.07) is 6.06. The second-order valence-electron chi connectivity index (χ2n) is 5.50. The summed E-state index contributed by atoms with van der Waals surface area (Å²) in [6.45, 7) is 4.15. The lowest BCUT2D eigenvalue weighted by molar-refractivity contribution is 0.434. The lowest BCUT2D eigenvalue weighted by Crippen LogP contribution is -2.39. The molecule has 1 aromatic heterocycles. The van der Waals surface area contributed by atoms with Crippen LogP contribution in [0.3, 0.4) is 0 Å². The molecule has 3 rings (SSSR count). The van der Waals surface area contributed by atoms with Crippen LogP contribution in [-0.4, -0.2) is 48.9 Å². The first-order valence-electron chi connectivity index (χ1n) is 7.19. The number of aryl methyl sites for hydroxylation is 1. The molecule has 0 atom stereocenters. The lowest BCUT2D eigenvalue weighted by atomic mass is 10.1. The standard InChI is InChI=1S/C14H19N5O2S/c1-11-3-4-13-12(9-11)14(17-10-16-13)18-5-2-6-19(8-7-18)22(15,20)21/h3-4,9-10H,2,5-8H2,1H3,(H2,15,20,21). The van der Waals surface area contributed by atoms with E-state index in [1.807, 2.05) is 19.1 Å². The highest BCUT2D eigenvalue weighted by molar-refractivity contribution is 7.86. The van der Waals surface area contributed by atoms with Crippen LogP contribution in [0.4, 0.5) is 5.82 Å². The van der Waals surface area contributed by atoms with Gasteiger partial charge in [-0.25, -0.2) is 15.1 Å². The molecular formula is C14H19N5O2S. The molecule has 1 aliphatic rings. The molecular weight excluding hydrogens is 302 g/mol. The predicted molar refractivity (Wildman–Crippen MR) is 85.8 cm³/mol. The van der Waals surface area contributed by atoms with Gasteiger partial charge in [0.2, 0.25) is 0 Å². The molecule has 22 heavy (non-hydrogen) atoms. The summed E-state index contributed by atoms with van der Waals surface area (Å²) in [5.41, 5.74) is 2.03. The molecule has 1 saturated heterocycles. The Morgan fingerprint density at radius 3 is 2.73 bits per heavy atom. The molecule has 1 aliphatic heterocycles. The lowest BCUT2D eigenvalue weighted by Gasteiger charge is -2.23. The Morgan fingerprint density at radius 1 is 1.14 bits per heavy atom. The van der Waals surface area contributed by atoms with Crippen molar-refractivity contribution in [1.29, 1.82) is 0 Å². The fourth-order valence-electron chi connectivity index (χ4n) is 2.77. The second-order valence-corrected chi connectivity index (χ2v) is 7.05. The number of fused-ring (bicyclic) bond motifs is 1. The van der Waals surface area contributed by atoms with Gasteiger partial charge in [-0.3, -0.25) is 0 Å². The van der Waals surface area contributed by atoms with E-state index < -0.39 is 10.2 Å². The van der Waals surface area contributed by atoms with Gasteiger partial charge in [-0.05, 0) is 25.5 Å². The van der Waals surface area contributed by atoms with Crippen molar-refractivity contribution in [2.75, 3.05) is 31.1 Å². The molecule has 118 valence electrons. The Kier molecular flexibility index (Phi) is 3.98. The van der Waals surface area contributed by atoms with Crippen molar-refractivity contribution in [2.45, 2.75) is 13.3 Å². The Bertz CT molecular complexity index is 793. The first-order valence-corrected chi connectivity index (χ1v) is 8.69. The highest BCUT2D eigenvalue weighted by Crippen LogP contribution is 2.25. The molecule has 0 radical (unpaired) electrons. The molecule has 8 heteroatoms. The number of nitrogens with two attached hydrogens (primary N) is 1. The molecule has 2 aromatic rings. The molecule has 2 heterocycles. The summed E-state index contributed by atoms with van der Waals surface area (Å²) in [5, 5.41) is 6.22. The zero-order chi connectivity index (χ0) is 15.7. The Balaban J connectivity index is 1.93. The molecule has 2 N–H and O–H groups in total. The topological polar surface area (TPSA) is 92.4 Å². The average Bonchev–Trinajstić information content (AvgIpc) is 2.72. The van der Waals surface area contributed by atoms with Crippen LogP contribution in [0.25, 0.3) is 10.9 Å². The summed E-state index contributed by atoms with van der Waals surface area (Å²) in [4.78, 5) is 10.8. The molecule has 0 aliphatic carbocycles. The Morgan fingerprint density at radius 2 is 1.95 bits per heavy atom. The molecule has 0 bridgehead atoms. The van der Waals surface area contributed by atoms with Gasteiger partial charge in [0.1, 0.15) is 12.1 Å².